The molecule has 5 rings (SSSR count). The second-order valence-corrected chi connectivity index (χ2v) is 10.1. The predicted molar refractivity (Wildman–Crippen MR) is 112 cm³/mol. The van der Waals surface area contributed by atoms with E-state index in [1.54, 1.807) is 4.90 Å². The van der Waals surface area contributed by atoms with Crippen LogP contribution >= 0.6 is 0 Å². The number of anilines is 2. The first-order chi connectivity index (χ1) is 15.5. The minimum atomic E-state index is -4.58. The molecule has 3 atom stereocenters. The molecule has 2 aromatic rings. The Labute approximate surface area is 188 Å². The van der Waals surface area contributed by atoms with Crippen LogP contribution in [0.4, 0.5) is 29.3 Å². The number of fused-ring (bicyclic) bond motifs is 1. The zero-order valence-electron chi connectivity index (χ0n) is 18.3. The van der Waals surface area contributed by atoms with Crippen molar-refractivity contribution in [1.29, 1.82) is 0 Å². The summed E-state index contributed by atoms with van der Waals surface area (Å²) in [6.45, 7) is 5.12. The number of benzene rings is 1. The minimum absolute atomic E-state index is 0.00917. The van der Waals surface area contributed by atoms with E-state index >= 15 is 0 Å². The predicted octanol–water partition coefficient (Wildman–Crippen LogP) is 5.19. The molecule has 1 aliphatic heterocycles. The van der Waals surface area contributed by atoms with E-state index in [0.29, 0.717) is 24.9 Å². The molecule has 3 unspecified atom stereocenters. The lowest BCUT2D eigenvalue weighted by Gasteiger charge is -2.44. The third-order valence-electron chi connectivity index (χ3n) is 6.52. The number of amides is 1. The van der Waals surface area contributed by atoms with Crippen molar-refractivity contribution in [1.82, 2.24) is 4.98 Å². The number of rotatable bonds is 6. The van der Waals surface area contributed by atoms with E-state index in [4.69, 9.17) is 9.15 Å². The van der Waals surface area contributed by atoms with Gasteiger partial charge in [0.15, 0.2) is 17.3 Å². The monoisotopic (exact) mass is 467 g/mol. The van der Waals surface area contributed by atoms with Crippen molar-refractivity contribution in [2.75, 3.05) is 23.3 Å². The van der Waals surface area contributed by atoms with Gasteiger partial charge in [0.25, 0.3) is 11.9 Å². The highest BCUT2D eigenvalue weighted by Gasteiger charge is 2.49. The zero-order chi connectivity index (χ0) is 23.5. The third kappa shape index (κ3) is 4.65. The number of aromatic nitrogens is 1. The van der Waals surface area contributed by atoms with Crippen LogP contribution in [-0.4, -0.2) is 36.3 Å². The Kier molecular flexibility index (Phi) is 5.10. The molecule has 1 aromatic heterocycles. The molecule has 2 heterocycles. The van der Waals surface area contributed by atoms with Gasteiger partial charge in [0.1, 0.15) is 18.3 Å². The summed E-state index contributed by atoms with van der Waals surface area (Å²) >= 11 is 0. The van der Waals surface area contributed by atoms with Gasteiger partial charge < -0.3 is 19.4 Å². The summed E-state index contributed by atoms with van der Waals surface area (Å²) in [6, 6.07) is 3.95. The smallest absolute Gasteiger partial charge is 0.396 e. The van der Waals surface area contributed by atoms with Gasteiger partial charge in [0, 0.05) is 30.3 Å². The first-order valence-corrected chi connectivity index (χ1v) is 11.1. The number of halogens is 4. The van der Waals surface area contributed by atoms with Gasteiger partial charge in [0.05, 0.1) is 0 Å². The Balaban J connectivity index is 1.31. The molecule has 2 saturated carbocycles. The van der Waals surface area contributed by atoms with Crippen LogP contribution in [-0.2, 0) is 6.42 Å². The summed E-state index contributed by atoms with van der Waals surface area (Å²) in [5.41, 5.74) is -0.381. The Bertz CT molecular complexity index is 1070. The van der Waals surface area contributed by atoms with Gasteiger partial charge in [-0.1, -0.05) is 13.8 Å². The number of hydrogen-bond acceptors (Lipinski definition) is 5. The molecule has 0 spiro atoms. The van der Waals surface area contributed by atoms with Crippen molar-refractivity contribution in [2.24, 2.45) is 17.3 Å². The molecule has 1 N–H and O–H groups in total. The van der Waals surface area contributed by atoms with E-state index in [9.17, 15) is 22.4 Å². The molecule has 1 saturated heterocycles. The number of alkyl halides is 3. The fourth-order valence-corrected chi connectivity index (χ4v) is 4.90. The highest BCUT2D eigenvalue weighted by Crippen LogP contribution is 2.53. The lowest BCUT2D eigenvalue weighted by molar-refractivity contribution is -0.130. The van der Waals surface area contributed by atoms with Crippen LogP contribution in [0.2, 0.25) is 0 Å². The molecule has 178 valence electrons. The molecule has 33 heavy (non-hydrogen) atoms. The van der Waals surface area contributed by atoms with E-state index < -0.39 is 35.8 Å². The minimum Gasteiger partial charge on any atom is -0.487 e. The summed E-state index contributed by atoms with van der Waals surface area (Å²) in [5, 5.41) is 2.42. The van der Waals surface area contributed by atoms with Crippen molar-refractivity contribution < 1.29 is 31.5 Å². The average molecular weight is 467 g/mol. The van der Waals surface area contributed by atoms with Crippen LogP contribution in [0.5, 0.6) is 5.75 Å². The summed E-state index contributed by atoms with van der Waals surface area (Å²) in [7, 11) is 0. The van der Waals surface area contributed by atoms with Crippen LogP contribution in [0, 0.1) is 23.1 Å². The highest BCUT2D eigenvalue weighted by molar-refractivity contribution is 6.03. The molecule has 0 bridgehead atoms. The summed E-state index contributed by atoms with van der Waals surface area (Å²) in [6.07, 6.45) is -2.88. The lowest BCUT2D eigenvalue weighted by Crippen LogP contribution is -2.53. The van der Waals surface area contributed by atoms with Crippen molar-refractivity contribution in [3.63, 3.8) is 0 Å². The fraction of sp³-hybridized carbons (Fsp3) is 0.565. The van der Waals surface area contributed by atoms with E-state index in [0.717, 1.165) is 25.3 Å². The largest absolute Gasteiger partial charge is 0.487 e. The van der Waals surface area contributed by atoms with E-state index in [2.05, 4.69) is 10.3 Å². The molecular weight excluding hydrogens is 442 g/mol. The molecule has 0 radical (unpaired) electrons. The van der Waals surface area contributed by atoms with Crippen molar-refractivity contribution >= 4 is 17.6 Å². The Morgan fingerprint density at radius 3 is 2.64 bits per heavy atom. The van der Waals surface area contributed by atoms with Crippen LogP contribution < -0.4 is 15.0 Å². The second-order valence-electron chi connectivity index (χ2n) is 10.1. The Morgan fingerprint density at radius 1 is 1.30 bits per heavy atom. The van der Waals surface area contributed by atoms with Crippen molar-refractivity contribution in [2.45, 2.75) is 51.8 Å². The van der Waals surface area contributed by atoms with Crippen molar-refractivity contribution in [3.05, 3.63) is 35.5 Å². The van der Waals surface area contributed by atoms with Crippen LogP contribution in [0.1, 0.15) is 49.4 Å². The molecule has 1 amide bonds. The first-order valence-electron chi connectivity index (χ1n) is 11.1. The molecule has 2 aliphatic carbocycles. The SMILES string of the molecule is CC1(C)CN(c2nc(C(=O)Nc3ccc(OC4CCC5CC54)c(F)c3)c(CC(F)(F)F)o2)C1. The summed E-state index contributed by atoms with van der Waals surface area (Å²) in [4.78, 5) is 18.4. The number of hydrogen-bond donors (Lipinski definition) is 1. The quantitative estimate of drug-likeness (QED) is 0.592. The second kappa shape index (κ2) is 7.63. The van der Waals surface area contributed by atoms with Crippen LogP contribution in [0.3, 0.4) is 0 Å². The Hall–Kier alpha value is -2.78. The maximum Gasteiger partial charge on any atom is 0.396 e. The number of carbonyl (C=O) groups is 1. The molecule has 10 heteroatoms. The Morgan fingerprint density at radius 2 is 2.06 bits per heavy atom. The van der Waals surface area contributed by atoms with Gasteiger partial charge >= 0.3 is 6.18 Å². The van der Waals surface area contributed by atoms with Gasteiger partial charge in [-0.15, -0.1) is 0 Å². The number of nitrogens with zero attached hydrogens (tertiary/aromatic N) is 2. The van der Waals surface area contributed by atoms with Gasteiger partial charge in [0.2, 0.25) is 0 Å². The number of carbonyl (C=O) groups excluding carboxylic acids is 1. The normalized spacial score (nSPS) is 25.4. The fourth-order valence-electron chi connectivity index (χ4n) is 4.90. The van der Waals surface area contributed by atoms with E-state index in [1.165, 1.54) is 12.1 Å². The van der Waals surface area contributed by atoms with Crippen LogP contribution in [0.15, 0.2) is 22.6 Å². The first kappa shape index (κ1) is 22.0. The molecule has 3 fully saturated rings. The standard InChI is InChI=1S/C23H25F4N3O3/c1-22(2)10-30(11-22)21-29-19(18(33-21)9-23(25,26)27)20(31)28-13-4-6-17(15(24)8-13)32-16-5-3-12-7-14(12)16/h4,6,8,12,14,16H,3,5,7,9-11H2,1-2H3,(H,28,31). The topological polar surface area (TPSA) is 67.6 Å². The molecule has 3 aliphatic rings. The molecule has 1 aromatic carbocycles. The van der Waals surface area contributed by atoms with Crippen molar-refractivity contribution in [3.8, 4) is 5.75 Å². The van der Waals surface area contributed by atoms with Gasteiger partial charge in [-0.3, -0.25) is 4.79 Å². The third-order valence-corrected chi connectivity index (χ3v) is 6.52. The lowest BCUT2D eigenvalue weighted by atomic mass is 9.85. The van der Waals surface area contributed by atoms with Crippen LogP contribution in [0.25, 0.3) is 0 Å². The average Bonchev–Trinajstić information content (AvgIpc) is 3.18. The maximum absolute atomic E-state index is 14.6. The van der Waals surface area contributed by atoms with Gasteiger partial charge in [-0.2, -0.15) is 18.2 Å². The van der Waals surface area contributed by atoms with E-state index in [-0.39, 0.29) is 29.0 Å². The number of nitrogens with one attached hydrogen (secondary N) is 1. The molecule has 6 nitrogen and oxygen atoms in total. The van der Waals surface area contributed by atoms with Gasteiger partial charge in [-0.25, -0.2) is 4.39 Å². The summed E-state index contributed by atoms with van der Waals surface area (Å²) < 4.78 is 64.8. The zero-order valence-corrected chi connectivity index (χ0v) is 18.3. The number of oxazole rings is 1. The highest BCUT2D eigenvalue weighted by atomic mass is 19.4. The molecular formula is C23H25F4N3O3. The number of ether oxygens (including phenoxy) is 1. The maximum atomic E-state index is 14.6. The summed E-state index contributed by atoms with van der Waals surface area (Å²) in [5.74, 6) is -0.816. The van der Waals surface area contributed by atoms with E-state index in [1.807, 2.05) is 13.8 Å². The van der Waals surface area contributed by atoms with Gasteiger partial charge in [-0.05, 0) is 43.2 Å².